The average molecular weight is 610 g/mol. The fourth-order valence-electron chi connectivity index (χ4n) is 7.21. The number of hydrogen-bond donors (Lipinski definition) is 2. The summed E-state index contributed by atoms with van der Waals surface area (Å²) in [6.45, 7) is 2.06. The number of carbonyl (C=O) groups excluding carboxylic acids is 2. The minimum absolute atomic E-state index is 0.00744. The molecule has 224 valence electrons. The quantitative estimate of drug-likeness (QED) is 0.226. The molecule has 0 spiro atoms. The van der Waals surface area contributed by atoms with Crippen molar-refractivity contribution in [2.75, 3.05) is 0 Å². The normalized spacial score (nSPS) is 20.0. The molecule has 2 aliphatic heterocycles. The second kappa shape index (κ2) is 11.3. The summed E-state index contributed by atoms with van der Waals surface area (Å²) in [5.74, 6) is -1.92. The number of thiophene rings is 1. The third-order valence-corrected chi connectivity index (χ3v) is 10.3. The van der Waals surface area contributed by atoms with E-state index in [-0.39, 0.29) is 41.3 Å². The number of aromatic nitrogens is 1. The van der Waals surface area contributed by atoms with Crippen molar-refractivity contribution >= 4 is 29.1 Å². The third kappa shape index (κ3) is 4.79. The van der Waals surface area contributed by atoms with Crippen molar-refractivity contribution in [1.82, 2.24) is 15.2 Å². The molecule has 1 fully saturated rings. The SMILES string of the molecule is CCC1CC[C@H]2c3nc(CCc4ccc(F)cc4)c(C(=O)O)c(-c4cc(C(=O)NC5CCc6ccccc65)cs4)c3C(=O)N12. The lowest BCUT2D eigenvalue weighted by Crippen LogP contribution is -2.31. The standard InChI is InChI=1S/C35H32FN3O4S/c1-2-23-13-16-27-32-31(34(41)39(23)27)30(29(35(42)43)26(37-32)14-9-19-7-11-22(36)12-8-19)28-17-21(18-44-28)33(40)38-25-15-10-20-5-3-4-6-24(20)25/h3-8,11-12,17-18,23,25,27H,2,9-10,13-16H2,1H3,(H,38,40)(H,42,43)/t23?,25?,27-/m0/s1. The van der Waals surface area contributed by atoms with E-state index in [1.807, 2.05) is 23.1 Å². The molecule has 9 heteroatoms. The first-order chi connectivity index (χ1) is 21.3. The van der Waals surface area contributed by atoms with Crippen LogP contribution in [0, 0.1) is 5.82 Å². The lowest BCUT2D eigenvalue weighted by atomic mass is 9.92. The number of hydrogen-bond acceptors (Lipinski definition) is 5. The highest BCUT2D eigenvalue weighted by Crippen LogP contribution is 2.49. The van der Waals surface area contributed by atoms with Crippen LogP contribution in [0.4, 0.5) is 4.39 Å². The lowest BCUT2D eigenvalue weighted by molar-refractivity contribution is 0.0694. The summed E-state index contributed by atoms with van der Waals surface area (Å²) < 4.78 is 13.5. The molecule has 2 aromatic heterocycles. The van der Waals surface area contributed by atoms with Gasteiger partial charge in [-0.2, -0.15) is 0 Å². The Hall–Kier alpha value is -4.37. The van der Waals surface area contributed by atoms with Gasteiger partial charge in [0.15, 0.2) is 0 Å². The van der Waals surface area contributed by atoms with E-state index in [1.165, 1.54) is 29.0 Å². The summed E-state index contributed by atoms with van der Waals surface area (Å²) in [5, 5.41) is 15.5. The fraction of sp³-hybridized carbons (Fsp3) is 0.314. The Morgan fingerprint density at radius 2 is 1.86 bits per heavy atom. The van der Waals surface area contributed by atoms with E-state index < -0.39 is 5.97 Å². The number of pyridine rings is 1. The number of carboxylic acid groups (broad SMARTS) is 1. The van der Waals surface area contributed by atoms with Gasteiger partial charge >= 0.3 is 5.97 Å². The highest BCUT2D eigenvalue weighted by Gasteiger charge is 2.48. The van der Waals surface area contributed by atoms with Crippen molar-refractivity contribution in [3.8, 4) is 10.4 Å². The fourth-order valence-corrected chi connectivity index (χ4v) is 8.15. The van der Waals surface area contributed by atoms with E-state index in [0.29, 0.717) is 45.8 Å². The predicted octanol–water partition coefficient (Wildman–Crippen LogP) is 6.92. The van der Waals surface area contributed by atoms with Crippen LogP contribution in [0.3, 0.4) is 0 Å². The van der Waals surface area contributed by atoms with Crippen molar-refractivity contribution in [2.45, 2.75) is 70.0 Å². The van der Waals surface area contributed by atoms with Crippen molar-refractivity contribution < 1.29 is 23.9 Å². The maximum Gasteiger partial charge on any atom is 0.338 e. The Morgan fingerprint density at radius 1 is 1.07 bits per heavy atom. The Labute approximate surface area is 258 Å². The summed E-state index contributed by atoms with van der Waals surface area (Å²) in [4.78, 5) is 47.7. The van der Waals surface area contributed by atoms with Gasteiger partial charge in [-0.3, -0.25) is 14.6 Å². The number of aromatic carboxylic acids is 1. The van der Waals surface area contributed by atoms with Crippen molar-refractivity contribution in [2.24, 2.45) is 0 Å². The first-order valence-electron chi connectivity index (χ1n) is 15.2. The lowest BCUT2D eigenvalue weighted by Gasteiger charge is -2.22. The molecule has 0 bridgehead atoms. The molecular weight excluding hydrogens is 577 g/mol. The number of rotatable bonds is 8. The number of nitrogens with zero attached hydrogens (tertiary/aromatic N) is 2. The Morgan fingerprint density at radius 3 is 2.64 bits per heavy atom. The molecule has 1 saturated heterocycles. The molecule has 3 aliphatic rings. The topological polar surface area (TPSA) is 99.6 Å². The summed E-state index contributed by atoms with van der Waals surface area (Å²) in [5.41, 5.74) is 5.36. The zero-order chi connectivity index (χ0) is 30.5. The number of aryl methyl sites for hydroxylation is 3. The van der Waals surface area contributed by atoms with Gasteiger partial charge in [-0.15, -0.1) is 11.3 Å². The molecule has 3 atom stereocenters. The molecule has 0 radical (unpaired) electrons. The van der Waals surface area contributed by atoms with Gasteiger partial charge in [-0.25, -0.2) is 9.18 Å². The number of carboxylic acids is 1. The molecule has 7 nitrogen and oxygen atoms in total. The number of fused-ring (bicyclic) bond motifs is 4. The molecule has 1 aliphatic carbocycles. The highest BCUT2D eigenvalue weighted by molar-refractivity contribution is 7.14. The molecule has 2 N–H and O–H groups in total. The second-order valence-electron chi connectivity index (χ2n) is 11.8. The van der Waals surface area contributed by atoms with Gasteiger partial charge in [0.25, 0.3) is 11.8 Å². The van der Waals surface area contributed by atoms with Crippen LogP contribution in [0.1, 0.15) is 104 Å². The number of amides is 2. The summed E-state index contributed by atoms with van der Waals surface area (Å²) in [6.07, 6.45) is 4.96. The van der Waals surface area contributed by atoms with Gasteiger partial charge in [0.2, 0.25) is 0 Å². The first-order valence-corrected chi connectivity index (χ1v) is 16.1. The summed E-state index contributed by atoms with van der Waals surface area (Å²) in [6, 6.07) is 15.8. The molecule has 2 aromatic carbocycles. The molecular formula is C35H32FN3O4S. The second-order valence-corrected chi connectivity index (χ2v) is 12.7. The average Bonchev–Trinajstić information content (AvgIpc) is 3.82. The monoisotopic (exact) mass is 609 g/mol. The van der Waals surface area contributed by atoms with Crippen LogP contribution < -0.4 is 5.32 Å². The summed E-state index contributed by atoms with van der Waals surface area (Å²) >= 11 is 1.27. The van der Waals surface area contributed by atoms with E-state index in [0.717, 1.165) is 43.2 Å². The van der Waals surface area contributed by atoms with Crippen LogP contribution >= 0.6 is 11.3 Å². The van der Waals surface area contributed by atoms with Crippen LogP contribution in [0.2, 0.25) is 0 Å². The number of carbonyl (C=O) groups is 3. The van der Waals surface area contributed by atoms with Crippen LogP contribution in [0.5, 0.6) is 0 Å². The molecule has 2 unspecified atom stereocenters. The van der Waals surface area contributed by atoms with Gasteiger partial charge < -0.3 is 15.3 Å². The molecule has 44 heavy (non-hydrogen) atoms. The van der Waals surface area contributed by atoms with Gasteiger partial charge in [0.1, 0.15) is 5.82 Å². The number of halogens is 1. The van der Waals surface area contributed by atoms with E-state index in [1.54, 1.807) is 23.6 Å². The van der Waals surface area contributed by atoms with E-state index in [9.17, 15) is 23.9 Å². The Kier molecular flexibility index (Phi) is 7.28. The summed E-state index contributed by atoms with van der Waals surface area (Å²) in [7, 11) is 0. The van der Waals surface area contributed by atoms with Gasteiger partial charge in [-0.05, 0) is 79.8 Å². The van der Waals surface area contributed by atoms with Crippen LogP contribution in [-0.4, -0.2) is 38.8 Å². The third-order valence-electron chi connectivity index (χ3n) is 9.36. The van der Waals surface area contributed by atoms with Gasteiger partial charge in [0, 0.05) is 21.9 Å². The van der Waals surface area contributed by atoms with Crippen molar-refractivity contribution in [1.29, 1.82) is 0 Å². The van der Waals surface area contributed by atoms with Crippen LogP contribution in [-0.2, 0) is 19.3 Å². The van der Waals surface area contributed by atoms with Crippen LogP contribution in [0.15, 0.2) is 60.0 Å². The van der Waals surface area contributed by atoms with Gasteiger partial charge in [-0.1, -0.05) is 43.3 Å². The largest absolute Gasteiger partial charge is 0.478 e. The van der Waals surface area contributed by atoms with Crippen LogP contribution in [0.25, 0.3) is 10.4 Å². The zero-order valence-electron chi connectivity index (χ0n) is 24.3. The Balaban J connectivity index is 1.29. The number of nitrogens with one attached hydrogen (secondary N) is 1. The maximum absolute atomic E-state index is 14.0. The van der Waals surface area contributed by atoms with E-state index in [4.69, 9.17) is 4.98 Å². The molecule has 4 aromatic rings. The molecule has 4 heterocycles. The van der Waals surface area contributed by atoms with E-state index in [2.05, 4.69) is 18.3 Å². The minimum Gasteiger partial charge on any atom is -0.478 e. The van der Waals surface area contributed by atoms with Crippen molar-refractivity contribution in [3.05, 3.63) is 111 Å². The number of benzene rings is 2. The first kappa shape index (κ1) is 28.4. The maximum atomic E-state index is 14.0. The zero-order valence-corrected chi connectivity index (χ0v) is 25.1. The van der Waals surface area contributed by atoms with E-state index >= 15 is 0 Å². The Bertz CT molecular complexity index is 1800. The molecule has 0 saturated carbocycles. The van der Waals surface area contributed by atoms with Crippen molar-refractivity contribution in [3.63, 3.8) is 0 Å². The highest BCUT2D eigenvalue weighted by atomic mass is 32.1. The van der Waals surface area contributed by atoms with Gasteiger partial charge in [0.05, 0.1) is 40.2 Å². The minimum atomic E-state index is -1.17. The molecule has 7 rings (SSSR count). The smallest absolute Gasteiger partial charge is 0.338 e. The predicted molar refractivity (Wildman–Crippen MR) is 166 cm³/mol. The molecule has 2 amide bonds.